The first-order chi connectivity index (χ1) is 14.5. The largest absolute Gasteiger partial charge is 0.393 e. The summed E-state index contributed by atoms with van der Waals surface area (Å²) in [5, 5.41) is 30.8. The molecule has 7 atom stereocenters. The van der Waals surface area contributed by atoms with Crippen LogP contribution in [0.25, 0.3) is 0 Å². The lowest BCUT2D eigenvalue weighted by Gasteiger charge is -2.44. The molecule has 3 aliphatic rings. The molecule has 3 aliphatic carbocycles. The number of allylic oxidation sites excluding steroid dienone is 4. The Bertz CT molecular complexity index is 756. The topological polar surface area (TPSA) is 60.7 Å². The molecule has 0 amide bonds. The van der Waals surface area contributed by atoms with E-state index >= 15 is 0 Å². The van der Waals surface area contributed by atoms with Crippen molar-refractivity contribution in [1.82, 2.24) is 0 Å². The van der Waals surface area contributed by atoms with E-state index in [2.05, 4.69) is 52.5 Å². The van der Waals surface area contributed by atoms with Crippen LogP contribution >= 0.6 is 0 Å². The van der Waals surface area contributed by atoms with Crippen LogP contribution < -0.4 is 0 Å². The van der Waals surface area contributed by atoms with Crippen molar-refractivity contribution in [3.8, 4) is 0 Å². The van der Waals surface area contributed by atoms with Crippen LogP contribution in [-0.4, -0.2) is 33.1 Å². The van der Waals surface area contributed by atoms with Crippen LogP contribution in [0.3, 0.4) is 0 Å². The lowest BCUT2D eigenvalue weighted by atomic mass is 9.61. The highest BCUT2D eigenvalue weighted by Gasteiger charge is 2.50. The average molecular weight is 429 g/mol. The molecule has 3 rings (SSSR count). The minimum atomic E-state index is -0.755. The molecular weight excluding hydrogens is 384 g/mol. The molecule has 0 heterocycles. The van der Waals surface area contributed by atoms with Crippen molar-refractivity contribution >= 4 is 0 Å². The van der Waals surface area contributed by atoms with Gasteiger partial charge < -0.3 is 15.3 Å². The molecule has 0 unspecified atom stereocenters. The summed E-state index contributed by atoms with van der Waals surface area (Å²) in [5.74, 6) is 1.87. The summed E-state index contributed by atoms with van der Waals surface area (Å²) in [5.41, 5.74) is 2.82. The van der Waals surface area contributed by atoms with Gasteiger partial charge in [-0.2, -0.15) is 0 Å². The first kappa shape index (κ1) is 24.5. The van der Waals surface area contributed by atoms with E-state index in [0.717, 1.165) is 17.6 Å². The fourth-order valence-electron chi connectivity index (χ4n) is 6.28. The third kappa shape index (κ3) is 5.10. The van der Waals surface area contributed by atoms with Crippen LogP contribution in [0.5, 0.6) is 0 Å². The van der Waals surface area contributed by atoms with Crippen LogP contribution in [0.1, 0.15) is 79.6 Å². The predicted octanol–water partition coefficient (Wildman–Crippen LogP) is 5.73. The fraction of sp³-hybridized carbons (Fsp3) is 0.714. The SMILES string of the molecule is C=C1/C(=C\C=C2\CCC[C@@]3(C)[C@@H]2CC[C@@H]3[C@H](C)/C=C/[C@@](C)(O)C(C)C)C[C@@H](O)C[C@H]1O. The zero-order chi connectivity index (χ0) is 23.0. The smallest absolute Gasteiger partial charge is 0.0822 e. The quantitative estimate of drug-likeness (QED) is 0.490. The van der Waals surface area contributed by atoms with Gasteiger partial charge in [0.25, 0.3) is 0 Å². The van der Waals surface area contributed by atoms with Gasteiger partial charge in [0, 0.05) is 6.42 Å². The summed E-state index contributed by atoms with van der Waals surface area (Å²) in [4.78, 5) is 0. The van der Waals surface area contributed by atoms with Crippen molar-refractivity contribution in [2.24, 2.45) is 29.1 Å². The summed E-state index contributed by atoms with van der Waals surface area (Å²) < 4.78 is 0. The van der Waals surface area contributed by atoms with Gasteiger partial charge in [0.15, 0.2) is 0 Å². The molecule has 0 aromatic heterocycles. The molecule has 0 aliphatic heterocycles. The molecule has 3 N–H and O–H groups in total. The number of aliphatic hydroxyl groups excluding tert-OH is 2. The van der Waals surface area contributed by atoms with Gasteiger partial charge in [-0.1, -0.05) is 64.2 Å². The van der Waals surface area contributed by atoms with E-state index < -0.39 is 17.8 Å². The van der Waals surface area contributed by atoms with Gasteiger partial charge in [-0.05, 0) is 85.7 Å². The lowest BCUT2D eigenvalue weighted by molar-refractivity contribution is 0.0607. The molecule has 0 bridgehead atoms. The number of aliphatic hydroxyl groups is 3. The van der Waals surface area contributed by atoms with Gasteiger partial charge >= 0.3 is 0 Å². The van der Waals surface area contributed by atoms with Crippen molar-refractivity contribution in [2.45, 2.75) is 97.4 Å². The van der Waals surface area contributed by atoms with E-state index in [0.29, 0.717) is 36.0 Å². The highest BCUT2D eigenvalue weighted by molar-refractivity contribution is 5.38. The van der Waals surface area contributed by atoms with Crippen molar-refractivity contribution in [3.05, 3.63) is 47.6 Å². The van der Waals surface area contributed by atoms with Crippen LogP contribution in [0.15, 0.2) is 47.6 Å². The molecular formula is C28H44O3. The summed E-state index contributed by atoms with van der Waals surface area (Å²) in [6.07, 6.45) is 14.6. The minimum absolute atomic E-state index is 0.201. The Kier molecular flexibility index (Phi) is 7.40. The Hall–Kier alpha value is -1.16. The zero-order valence-electron chi connectivity index (χ0n) is 20.3. The highest BCUT2D eigenvalue weighted by Crippen LogP contribution is 2.59. The monoisotopic (exact) mass is 428 g/mol. The van der Waals surface area contributed by atoms with E-state index in [-0.39, 0.29) is 5.92 Å². The number of hydrogen-bond acceptors (Lipinski definition) is 3. The molecule has 0 spiro atoms. The number of fused-ring (bicyclic) bond motifs is 1. The Morgan fingerprint density at radius 3 is 2.55 bits per heavy atom. The number of rotatable bonds is 5. The first-order valence-corrected chi connectivity index (χ1v) is 12.3. The predicted molar refractivity (Wildman–Crippen MR) is 128 cm³/mol. The van der Waals surface area contributed by atoms with Crippen molar-refractivity contribution in [2.75, 3.05) is 0 Å². The maximum Gasteiger partial charge on any atom is 0.0822 e. The standard InChI is InChI=1S/C28H44O3/c1-18(2)28(6,31)15-13-19(3)24-11-12-25-21(8-7-14-27(24,25)5)9-10-22-16-23(29)17-26(30)20(22)4/h9-10,13,15,18-19,23-26,29-31H,4,7-8,11-12,14,16-17H2,1-3,5-6H3/b15-13+,21-9-,22-10-/t19-,23-,24-,25-,26-,27-,28-/m1/s1. The second kappa shape index (κ2) is 9.37. The summed E-state index contributed by atoms with van der Waals surface area (Å²) in [7, 11) is 0. The van der Waals surface area contributed by atoms with E-state index in [1.807, 2.05) is 13.0 Å². The molecule has 3 fully saturated rings. The van der Waals surface area contributed by atoms with E-state index in [1.54, 1.807) is 0 Å². The van der Waals surface area contributed by atoms with Crippen molar-refractivity contribution in [3.63, 3.8) is 0 Å². The van der Waals surface area contributed by atoms with E-state index in [1.165, 1.54) is 31.3 Å². The van der Waals surface area contributed by atoms with Crippen molar-refractivity contribution < 1.29 is 15.3 Å². The minimum Gasteiger partial charge on any atom is -0.393 e. The number of hydrogen-bond donors (Lipinski definition) is 3. The molecule has 174 valence electrons. The fourth-order valence-corrected chi connectivity index (χ4v) is 6.28. The van der Waals surface area contributed by atoms with E-state index in [4.69, 9.17) is 0 Å². The second-order valence-corrected chi connectivity index (χ2v) is 11.3. The molecule has 3 heteroatoms. The van der Waals surface area contributed by atoms with Gasteiger partial charge in [-0.3, -0.25) is 0 Å². The van der Waals surface area contributed by atoms with Gasteiger partial charge in [0.05, 0.1) is 17.8 Å². The molecule has 3 saturated carbocycles. The van der Waals surface area contributed by atoms with Crippen molar-refractivity contribution in [1.29, 1.82) is 0 Å². The molecule has 0 aromatic rings. The zero-order valence-corrected chi connectivity index (χ0v) is 20.3. The van der Waals surface area contributed by atoms with Gasteiger partial charge in [-0.15, -0.1) is 0 Å². The third-order valence-electron chi connectivity index (χ3n) is 8.84. The molecule has 31 heavy (non-hydrogen) atoms. The van der Waals surface area contributed by atoms with Gasteiger partial charge in [0.2, 0.25) is 0 Å². The lowest BCUT2D eigenvalue weighted by Crippen LogP contribution is -2.36. The maximum absolute atomic E-state index is 10.6. The second-order valence-electron chi connectivity index (χ2n) is 11.3. The Morgan fingerprint density at radius 2 is 1.87 bits per heavy atom. The van der Waals surface area contributed by atoms with Gasteiger partial charge in [-0.25, -0.2) is 0 Å². The van der Waals surface area contributed by atoms with Crippen LogP contribution in [-0.2, 0) is 0 Å². The molecule has 0 saturated heterocycles. The average Bonchev–Trinajstić information content (AvgIpc) is 3.05. The van der Waals surface area contributed by atoms with Crippen LogP contribution in [0.2, 0.25) is 0 Å². The van der Waals surface area contributed by atoms with Crippen LogP contribution in [0, 0.1) is 29.1 Å². The molecule has 3 nitrogen and oxygen atoms in total. The van der Waals surface area contributed by atoms with Gasteiger partial charge in [0.1, 0.15) is 0 Å². The Balaban J connectivity index is 1.78. The molecule has 0 aromatic carbocycles. The molecule has 0 radical (unpaired) electrons. The maximum atomic E-state index is 10.6. The van der Waals surface area contributed by atoms with Crippen LogP contribution in [0.4, 0.5) is 0 Å². The van der Waals surface area contributed by atoms with E-state index in [9.17, 15) is 15.3 Å². The third-order valence-corrected chi connectivity index (χ3v) is 8.84. The summed E-state index contributed by atoms with van der Waals surface area (Å²) in [6, 6.07) is 0. The Morgan fingerprint density at radius 1 is 1.16 bits per heavy atom. The summed E-state index contributed by atoms with van der Waals surface area (Å²) >= 11 is 0. The highest BCUT2D eigenvalue weighted by atomic mass is 16.3. The summed E-state index contributed by atoms with van der Waals surface area (Å²) in [6.45, 7) is 14.9. The first-order valence-electron chi connectivity index (χ1n) is 12.3. The Labute approximate surface area is 189 Å². The normalized spacial score (nSPS) is 40.0.